The van der Waals surface area contributed by atoms with Crippen molar-refractivity contribution in [3.8, 4) is 0 Å². The summed E-state index contributed by atoms with van der Waals surface area (Å²) in [5.74, 6) is -0.975. The maximum atomic E-state index is 13.9. The molecular formula is C16H15ClFNO. The predicted octanol–water partition coefficient (Wildman–Crippen LogP) is 4.69. The van der Waals surface area contributed by atoms with E-state index in [9.17, 15) is 9.18 Å². The minimum absolute atomic E-state index is 0.0297. The summed E-state index contributed by atoms with van der Waals surface area (Å²) in [5.41, 5.74) is 1.87. The molecule has 1 unspecified atom stereocenters. The molecule has 0 saturated heterocycles. The van der Waals surface area contributed by atoms with E-state index in [-0.39, 0.29) is 10.9 Å². The van der Waals surface area contributed by atoms with E-state index in [4.69, 9.17) is 11.6 Å². The van der Waals surface area contributed by atoms with Crippen molar-refractivity contribution >= 4 is 23.2 Å². The van der Waals surface area contributed by atoms with Gasteiger partial charge in [-0.05, 0) is 37.1 Å². The number of hydrogen-bond acceptors (Lipinski definition) is 1. The summed E-state index contributed by atoms with van der Waals surface area (Å²) in [5, 5.41) is 2.47. The van der Waals surface area contributed by atoms with Gasteiger partial charge in [0, 0.05) is 5.69 Å². The average molecular weight is 292 g/mol. The third-order valence-electron chi connectivity index (χ3n) is 3.07. The molecule has 0 aromatic heterocycles. The van der Waals surface area contributed by atoms with Crippen molar-refractivity contribution in [2.75, 3.05) is 5.32 Å². The van der Waals surface area contributed by atoms with Crippen LogP contribution in [-0.4, -0.2) is 5.91 Å². The summed E-state index contributed by atoms with van der Waals surface area (Å²) in [6, 6.07) is 12.0. The molecule has 20 heavy (non-hydrogen) atoms. The molecule has 2 aromatic rings. The normalized spacial score (nSPS) is 12.0. The van der Waals surface area contributed by atoms with Crippen molar-refractivity contribution < 1.29 is 9.18 Å². The number of amides is 1. The van der Waals surface area contributed by atoms with Gasteiger partial charge in [-0.15, -0.1) is 11.6 Å². The van der Waals surface area contributed by atoms with Crippen LogP contribution < -0.4 is 5.32 Å². The first-order valence-corrected chi connectivity index (χ1v) is 6.74. The van der Waals surface area contributed by atoms with E-state index in [0.29, 0.717) is 11.3 Å². The number of benzene rings is 2. The van der Waals surface area contributed by atoms with Crippen LogP contribution in [0.1, 0.15) is 33.8 Å². The number of carbonyl (C=O) groups excluding carboxylic acids is 1. The van der Waals surface area contributed by atoms with Crippen molar-refractivity contribution in [1.82, 2.24) is 0 Å². The quantitative estimate of drug-likeness (QED) is 0.817. The molecule has 0 radical (unpaired) electrons. The molecule has 0 aliphatic carbocycles. The zero-order valence-electron chi connectivity index (χ0n) is 11.3. The van der Waals surface area contributed by atoms with Gasteiger partial charge in [-0.25, -0.2) is 4.39 Å². The number of anilines is 1. The lowest BCUT2D eigenvalue weighted by atomic mass is 10.1. The van der Waals surface area contributed by atoms with Crippen LogP contribution in [0.2, 0.25) is 0 Å². The summed E-state index contributed by atoms with van der Waals surface area (Å²) in [6.45, 7) is 3.45. The van der Waals surface area contributed by atoms with Gasteiger partial charge < -0.3 is 5.32 Å². The lowest BCUT2D eigenvalue weighted by Crippen LogP contribution is -2.15. The Morgan fingerprint density at radius 3 is 2.60 bits per heavy atom. The first-order chi connectivity index (χ1) is 9.50. The molecule has 0 spiro atoms. The molecule has 0 saturated carbocycles. The van der Waals surface area contributed by atoms with Gasteiger partial charge in [0.05, 0.1) is 10.9 Å². The number of nitrogens with one attached hydrogen (secondary N) is 1. The minimum atomic E-state index is -0.499. The van der Waals surface area contributed by atoms with Crippen LogP contribution in [-0.2, 0) is 0 Å². The molecule has 2 aromatic carbocycles. The number of rotatable bonds is 3. The Bertz CT molecular complexity index is 640. The molecule has 4 heteroatoms. The van der Waals surface area contributed by atoms with E-state index in [1.807, 2.05) is 19.1 Å². The molecule has 2 nitrogen and oxygen atoms in total. The predicted molar refractivity (Wildman–Crippen MR) is 79.8 cm³/mol. The van der Waals surface area contributed by atoms with Gasteiger partial charge in [-0.1, -0.05) is 30.3 Å². The fourth-order valence-corrected chi connectivity index (χ4v) is 2.16. The van der Waals surface area contributed by atoms with Crippen LogP contribution in [0.3, 0.4) is 0 Å². The molecule has 1 atom stereocenters. The van der Waals surface area contributed by atoms with Crippen molar-refractivity contribution in [3.63, 3.8) is 0 Å². The number of para-hydroxylation sites is 1. The van der Waals surface area contributed by atoms with Gasteiger partial charge in [0.1, 0.15) is 5.82 Å². The number of halogens is 2. The van der Waals surface area contributed by atoms with E-state index < -0.39 is 11.7 Å². The fraction of sp³-hybridized carbons (Fsp3) is 0.188. The maximum Gasteiger partial charge on any atom is 0.258 e. The lowest BCUT2D eigenvalue weighted by molar-refractivity contribution is 0.102. The first-order valence-electron chi connectivity index (χ1n) is 6.30. The molecule has 0 fully saturated rings. The van der Waals surface area contributed by atoms with Gasteiger partial charge >= 0.3 is 0 Å². The van der Waals surface area contributed by atoms with Gasteiger partial charge in [-0.3, -0.25) is 4.79 Å². The molecule has 0 heterocycles. The van der Waals surface area contributed by atoms with Crippen LogP contribution in [0.25, 0.3) is 0 Å². The zero-order chi connectivity index (χ0) is 14.7. The van der Waals surface area contributed by atoms with Crippen molar-refractivity contribution in [1.29, 1.82) is 0 Å². The van der Waals surface area contributed by atoms with E-state index in [1.54, 1.807) is 31.2 Å². The smallest absolute Gasteiger partial charge is 0.258 e. The minimum Gasteiger partial charge on any atom is -0.322 e. The summed E-state index contributed by atoms with van der Waals surface area (Å²) >= 11 is 6.07. The Morgan fingerprint density at radius 2 is 1.90 bits per heavy atom. The second-order valence-corrected chi connectivity index (χ2v) is 5.25. The Hall–Kier alpha value is -1.87. The molecule has 2 rings (SSSR count). The molecule has 1 amide bonds. The van der Waals surface area contributed by atoms with Gasteiger partial charge in [-0.2, -0.15) is 0 Å². The Kier molecular flexibility index (Phi) is 4.40. The second kappa shape index (κ2) is 6.06. The van der Waals surface area contributed by atoms with Gasteiger partial charge in [0.2, 0.25) is 0 Å². The highest BCUT2D eigenvalue weighted by atomic mass is 35.5. The Labute approximate surface area is 122 Å². The Morgan fingerprint density at radius 1 is 1.20 bits per heavy atom. The molecule has 0 bridgehead atoms. The van der Waals surface area contributed by atoms with Gasteiger partial charge in [0.25, 0.3) is 5.91 Å². The van der Waals surface area contributed by atoms with Crippen molar-refractivity contribution in [2.45, 2.75) is 19.2 Å². The number of alkyl halides is 1. The molecule has 0 aliphatic heterocycles. The third kappa shape index (κ3) is 2.99. The first kappa shape index (κ1) is 14.5. The molecular weight excluding hydrogens is 277 g/mol. The van der Waals surface area contributed by atoms with Crippen LogP contribution in [0, 0.1) is 12.7 Å². The Balaban J connectivity index is 2.31. The van der Waals surface area contributed by atoms with Crippen LogP contribution >= 0.6 is 11.6 Å². The standard InChI is InChI=1S/C16H15ClFNO/c1-10-6-5-8-13(15(10)18)16(20)19-14-9-4-3-7-12(14)11(2)17/h3-9,11H,1-2H3,(H,19,20). The second-order valence-electron chi connectivity index (χ2n) is 4.59. The van der Waals surface area contributed by atoms with E-state index in [0.717, 1.165) is 5.56 Å². The van der Waals surface area contributed by atoms with Crippen LogP contribution in [0.4, 0.5) is 10.1 Å². The highest BCUT2D eigenvalue weighted by molar-refractivity contribution is 6.21. The highest BCUT2D eigenvalue weighted by Gasteiger charge is 2.15. The van der Waals surface area contributed by atoms with E-state index in [1.165, 1.54) is 6.07 Å². The molecule has 1 N–H and O–H groups in total. The monoisotopic (exact) mass is 291 g/mol. The summed E-state index contributed by atoms with van der Waals surface area (Å²) in [4.78, 5) is 12.2. The van der Waals surface area contributed by atoms with Crippen molar-refractivity contribution in [3.05, 3.63) is 65.0 Å². The topological polar surface area (TPSA) is 29.1 Å². The number of carbonyl (C=O) groups is 1. The van der Waals surface area contributed by atoms with Gasteiger partial charge in [0.15, 0.2) is 0 Å². The summed E-state index contributed by atoms with van der Waals surface area (Å²) in [7, 11) is 0. The van der Waals surface area contributed by atoms with Crippen LogP contribution in [0.15, 0.2) is 42.5 Å². The largest absolute Gasteiger partial charge is 0.322 e. The summed E-state index contributed by atoms with van der Waals surface area (Å²) < 4.78 is 13.9. The number of aryl methyl sites for hydroxylation is 1. The number of hydrogen-bond donors (Lipinski definition) is 1. The fourth-order valence-electron chi connectivity index (χ4n) is 1.97. The van der Waals surface area contributed by atoms with E-state index in [2.05, 4.69) is 5.32 Å². The average Bonchev–Trinajstić information content (AvgIpc) is 2.42. The maximum absolute atomic E-state index is 13.9. The zero-order valence-corrected chi connectivity index (χ0v) is 12.0. The lowest BCUT2D eigenvalue weighted by Gasteiger charge is -2.13. The summed E-state index contributed by atoms with van der Waals surface area (Å²) in [6.07, 6.45) is 0. The molecule has 104 valence electrons. The molecule has 0 aliphatic rings. The third-order valence-corrected chi connectivity index (χ3v) is 3.31. The van der Waals surface area contributed by atoms with Crippen molar-refractivity contribution in [2.24, 2.45) is 0 Å². The van der Waals surface area contributed by atoms with Crippen LogP contribution in [0.5, 0.6) is 0 Å². The highest BCUT2D eigenvalue weighted by Crippen LogP contribution is 2.27. The van der Waals surface area contributed by atoms with E-state index >= 15 is 0 Å². The SMILES string of the molecule is Cc1cccc(C(=O)Nc2ccccc2C(C)Cl)c1F.